The molecular formula is C18H23NO5. The fourth-order valence-electron chi connectivity index (χ4n) is 2.89. The fourth-order valence-corrected chi connectivity index (χ4v) is 2.89. The molecule has 24 heavy (non-hydrogen) atoms. The number of carbonyl (C=O) groups is 2. The number of amides is 1. The summed E-state index contributed by atoms with van der Waals surface area (Å²) in [5.41, 5.74) is 0.596. The van der Waals surface area contributed by atoms with Crippen molar-refractivity contribution in [3.05, 3.63) is 23.8 Å². The molecule has 1 N–H and O–H groups in total. The molecule has 1 atom stereocenters. The van der Waals surface area contributed by atoms with E-state index in [4.69, 9.17) is 14.2 Å². The standard InChI is InChI=1S/C18H23NO5/c20-15(13-6-7-16-17(11-13)24-10-9-23-16)4-1-5-18(21)19-12-14-3-2-8-22-14/h6-7,11,14H,1-5,8-10,12H2,(H,19,21). The first-order valence-electron chi connectivity index (χ1n) is 8.53. The molecule has 0 radical (unpaired) electrons. The summed E-state index contributed by atoms with van der Waals surface area (Å²) < 4.78 is 16.4. The van der Waals surface area contributed by atoms with Gasteiger partial charge in [-0.2, -0.15) is 0 Å². The molecule has 0 aromatic heterocycles. The van der Waals surface area contributed by atoms with Crippen LogP contribution in [-0.2, 0) is 9.53 Å². The average Bonchev–Trinajstić information content (AvgIpc) is 3.13. The van der Waals surface area contributed by atoms with Crippen LogP contribution in [0.15, 0.2) is 18.2 Å². The van der Waals surface area contributed by atoms with Crippen LogP contribution >= 0.6 is 0 Å². The van der Waals surface area contributed by atoms with Crippen LogP contribution in [0.1, 0.15) is 42.5 Å². The maximum atomic E-state index is 12.2. The zero-order valence-corrected chi connectivity index (χ0v) is 13.7. The number of rotatable bonds is 7. The molecule has 6 heteroatoms. The smallest absolute Gasteiger partial charge is 0.220 e. The van der Waals surface area contributed by atoms with E-state index in [1.807, 2.05) is 0 Å². The van der Waals surface area contributed by atoms with Crippen LogP contribution in [-0.4, -0.2) is 44.2 Å². The molecule has 1 saturated heterocycles. The Bertz CT molecular complexity index is 595. The summed E-state index contributed by atoms with van der Waals surface area (Å²) in [6.07, 6.45) is 3.43. The van der Waals surface area contributed by atoms with Crippen molar-refractivity contribution in [1.29, 1.82) is 0 Å². The number of hydrogen-bond donors (Lipinski definition) is 1. The van der Waals surface area contributed by atoms with Crippen molar-refractivity contribution < 1.29 is 23.8 Å². The Kier molecular flexibility index (Phi) is 5.69. The minimum Gasteiger partial charge on any atom is -0.486 e. The first-order valence-corrected chi connectivity index (χ1v) is 8.53. The lowest BCUT2D eigenvalue weighted by Crippen LogP contribution is -2.31. The molecule has 0 aliphatic carbocycles. The van der Waals surface area contributed by atoms with Gasteiger partial charge in [0.2, 0.25) is 5.91 Å². The van der Waals surface area contributed by atoms with Crippen molar-refractivity contribution in [3.8, 4) is 11.5 Å². The Labute approximate surface area is 141 Å². The van der Waals surface area contributed by atoms with Gasteiger partial charge in [-0.15, -0.1) is 0 Å². The van der Waals surface area contributed by atoms with Crippen LogP contribution in [0.25, 0.3) is 0 Å². The van der Waals surface area contributed by atoms with Crippen LogP contribution in [0, 0.1) is 0 Å². The van der Waals surface area contributed by atoms with Gasteiger partial charge in [-0.25, -0.2) is 0 Å². The molecule has 0 saturated carbocycles. The van der Waals surface area contributed by atoms with Crippen molar-refractivity contribution in [2.75, 3.05) is 26.4 Å². The average molecular weight is 333 g/mol. The second kappa shape index (κ2) is 8.15. The Hall–Kier alpha value is -2.08. The van der Waals surface area contributed by atoms with Gasteiger partial charge in [-0.05, 0) is 37.5 Å². The summed E-state index contributed by atoms with van der Waals surface area (Å²) in [7, 11) is 0. The van der Waals surface area contributed by atoms with Gasteiger partial charge in [0, 0.05) is 31.6 Å². The molecule has 1 aromatic rings. The second-order valence-corrected chi connectivity index (χ2v) is 6.07. The van der Waals surface area contributed by atoms with Gasteiger partial charge in [0.05, 0.1) is 6.10 Å². The highest BCUT2D eigenvalue weighted by Crippen LogP contribution is 2.31. The normalized spacial score (nSPS) is 19.1. The van der Waals surface area contributed by atoms with Gasteiger partial charge in [0.25, 0.3) is 0 Å². The number of benzene rings is 1. The molecule has 0 spiro atoms. The van der Waals surface area contributed by atoms with Crippen LogP contribution < -0.4 is 14.8 Å². The number of nitrogens with one attached hydrogen (secondary N) is 1. The zero-order chi connectivity index (χ0) is 16.8. The van der Waals surface area contributed by atoms with E-state index in [1.54, 1.807) is 18.2 Å². The molecule has 130 valence electrons. The Balaban J connectivity index is 1.39. The third-order valence-corrected chi connectivity index (χ3v) is 4.22. The minimum absolute atomic E-state index is 0.0129. The van der Waals surface area contributed by atoms with E-state index in [1.165, 1.54) is 0 Å². The van der Waals surface area contributed by atoms with Crippen LogP contribution in [0.3, 0.4) is 0 Å². The summed E-state index contributed by atoms with van der Waals surface area (Å²) in [4.78, 5) is 24.0. The Morgan fingerprint density at radius 3 is 2.71 bits per heavy atom. The van der Waals surface area contributed by atoms with E-state index in [9.17, 15) is 9.59 Å². The lowest BCUT2D eigenvalue weighted by molar-refractivity contribution is -0.121. The monoisotopic (exact) mass is 333 g/mol. The van der Waals surface area contributed by atoms with Crippen molar-refractivity contribution >= 4 is 11.7 Å². The van der Waals surface area contributed by atoms with Gasteiger partial charge >= 0.3 is 0 Å². The van der Waals surface area contributed by atoms with Crippen LogP contribution in [0.4, 0.5) is 0 Å². The summed E-state index contributed by atoms with van der Waals surface area (Å²) >= 11 is 0. The Morgan fingerprint density at radius 2 is 1.92 bits per heavy atom. The number of Topliss-reactive ketones (excluding diaryl/α,β-unsaturated/α-hetero) is 1. The highest BCUT2D eigenvalue weighted by atomic mass is 16.6. The molecule has 1 unspecified atom stereocenters. The molecule has 2 heterocycles. The largest absolute Gasteiger partial charge is 0.486 e. The van der Waals surface area contributed by atoms with E-state index in [0.717, 1.165) is 19.4 Å². The summed E-state index contributed by atoms with van der Waals surface area (Å²) in [5, 5.41) is 2.87. The van der Waals surface area contributed by atoms with Crippen molar-refractivity contribution in [3.63, 3.8) is 0 Å². The molecule has 0 bridgehead atoms. The molecule has 6 nitrogen and oxygen atoms in total. The van der Waals surface area contributed by atoms with E-state index in [0.29, 0.717) is 56.1 Å². The predicted molar refractivity (Wildman–Crippen MR) is 87.6 cm³/mol. The molecular weight excluding hydrogens is 310 g/mol. The van der Waals surface area contributed by atoms with Crippen LogP contribution in [0.2, 0.25) is 0 Å². The maximum Gasteiger partial charge on any atom is 0.220 e. The summed E-state index contributed by atoms with van der Waals surface area (Å²) in [6.45, 7) is 2.37. The maximum absolute atomic E-state index is 12.2. The van der Waals surface area contributed by atoms with Crippen molar-refractivity contribution in [1.82, 2.24) is 5.32 Å². The third-order valence-electron chi connectivity index (χ3n) is 4.22. The molecule has 1 aromatic carbocycles. The molecule has 3 rings (SSSR count). The van der Waals surface area contributed by atoms with Gasteiger partial charge in [-0.1, -0.05) is 0 Å². The van der Waals surface area contributed by atoms with Gasteiger partial charge < -0.3 is 19.5 Å². The van der Waals surface area contributed by atoms with Gasteiger partial charge in [0.15, 0.2) is 17.3 Å². The quantitative estimate of drug-likeness (QED) is 0.774. The predicted octanol–water partition coefficient (Wildman–Crippen LogP) is 2.11. The highest BCUT2D eigenvalue weighted by molar-refractivity contribution is 5.96. The van der Waals surface area contributed by atoms with Crippen LogP contribution in [0.5, 0.6) is 11.5 Å². The van der Waals surface area contributed by atoms with Crippen molar-refractivity contribution in [2.24, 2.45) is 0 Å². The molecule has 1 fully saturated rings. The molecule has 1 amide bonds. The van der Waals surface area contributed by atoms with E-state index in [2.05, 4.69) is 5.32 Å². The van der Waals surface area contributed by atoms with E-state index < -0.39 is 0 Å². The lowest BCUT2D eigenvalue weighted by atomic mass is 10.0. The van der Waals surface area contributed by atoms with Gasteiger partial charge in [-0.3, -0.25) is 9.59 Å². The molecule has 2 aliphatic heterocycles. The number of ketones is 1. The minimum atomic E-state index is -0.0273. The highest BCUT2D eigenvalue weighted by Gasteiger charge is 2.17. The summed E-state index contributed by atoms with van der Waals surface area (Å²) in [6, 6.07) is 5.22. The third kappa shape index (κ3) is 4.47. The topological polar surface area (TPSA) is 73.9 Å². The first-order chi connectivity index (χ1) is 11.7. The summed E-state index contributed by atoms with van der Waals surface area (Å²) in [5.74, 6) is 1.27. The zero-order valence-electron chi connectivity index (χ0n) is 13.7. The number of carbonyl (C=O) groups excluding carboxylic acids is 2. The number of hydrogen-bond acceptors (Lipinski definition) is 5. The molecule has 2 aliphatic rings. The van der Waals surface area contributed by atoms with E-state index in [-0.39, 0.29) is 17.8 Å². The van der Waals surface area contributed by atoms with E-state index >= 15 is 0 Å². The fraction of sp³-hybridized carbons (Fsp3) is 0.556. The Morgan fingerprint density at radius 1 is 1.08 bits per heavy atom. The lowest BCUT2D eigenvalue weighted by Gasteiger charge is -2.18. The van der Waals surface area contributed by atoms with Gasteiger partial charge in [0.1, 0.15) is 13.2 Å². The number of ether oxygens (including phenoxy) is 3. The second-order valence-electron chi connectivity index (χ2n) is 6.07. The van der Waals surface area contributed by atoms with Crippen molar-refractivity contribution in [2.45, 2.75) is 38.2 Å². The number of fused-ring (bicyclic) bond motifs is 1. The SMILES string of the molecule is O=C(CCCC(=O)c1ccc2c(c1)OCCO2)NCC1CCCO1. The first kappa shape index (κ1) is 16.8.